The Labute approximate surface area is 252 Å². The van der Waals surface area contributed by atoms with E-state index in [4.69, 9.17) is 4.74 Å². The molecule has 1 N–H and O–H groups in total. The molecule has 228 valence electrons. The van der Waals surface area contributed by atoms with Crippen molar-refractivity contribution in [3.8, 4) is 17.0 Å². The second kappa shape index (κ2) is 12.7. The molecule has 11 nitrogen and oxygen atoms in total. The Balaban J connectivity index is 1.45. The summed E-state index contributed by atoms with van der Waals surface area (Å²) in [4.78, 5) is 39.7. The highest BCUT2D eigenvalue weighted by atomic mass is 32.2. The number of carbonyl (C=O) groups excluding carboxylic acids is 2. The van der Waals surface area contributed by atoms with E-state index in [0.717, 1.165) is 17.5 Å². The fourth-order valence-electron chi connectivity index (χ4n) is 4.74. The summed E-state index contributed by atoms with van der Waals surface area (Å²) in [6.45, 7) is 5.17. The van der Waals surface area contributed by atoms with Crippen molar-refractivity contribution in [1.82, 2.24) is 19.9 Å². The fourth-order valence-corrected chi connectivity index (χ4v) is 5.84. The van der Waals surface area contributed by atoms with Crippen LogP contribution in [0.15, 0.2) is 72.0 Å². The van der Waals surface area contributed by atoms with E-state index in [-0.39, 0.29) is 29.9 Å². The first-order valence-corrected chi connectivity index (χ1v) is 15.1. The third-order valence-electron chi connectivity index (χ3n) is 6.86. The number of nitrogens with one attached hydrogen (secondary N) is 1. The maximum Gasteiger partial charge on any atom is 0.264 e. The number of anilines is 2. The van der Waals surface area contributed by atoms with Crippen molar-refractivity contribution in [3.63, 3.8) is 0 Å². The number of amides is 1. The number of carbonyl (C=O) groups is 2. The van der Waals surface area contributed by atoms with Crippen LogP contribution in [0.1, 0.15) is 13.8 Å². The lowest BCUT2D eigenvalue weighted by molar-refractivity contribution is -0.126. The zero-order valence-corrected chi connectivity index (χ0v) is 24.6. The summed E-state index contributed by atoms with van der Waals surface area (Å²) in [6, 6.07) is 9.16. The number of ketones is 1. The number of halogens is 2. The molecular formula is C30H28F2N6O5S. The molecule has 44 heavy (non-hydrogen) atoms. The Morgan fingerprint density at radius 2 is 1.75 bits per heavy atom. The number of piperazine rings is 1. The highest BCUT2D eigenvalue weighted by molar-refractivity contribution is 7.92. The zero-order valence-electron chi connectivity index (χ0n) is 23.8. The Bertz CT molecular complexity index is 1880. The summed E-state index contributed by atoms with van der Waals surface area (Å²) < 4.78 is 61.7. The Morgan fingerprint density at radius 1 is 0.977 bits per heavy atom. The van der Waals surface area contributed by atoms with Crippen molar-refractivity contribution in [3.05, 3.63) is 78.8 Å². The van der Waals surface area contributed by atoms with E-state index in [0.29, 0.717) is 54.7 Å². The fraction of sp³-hybridized carbons (Fsp3) is 0.233. The van der Waals surface area contributed by atoms with Crippen LogP contribution < -0.4 is 14.4 Å². The minimum atomic E-state index is -4.46. The SMILES string of the molecule is CCOc1ncc(-c2ccc3ncnc(N4CCN(C(=O)/C=C/C(C)=O)CC4)c3c2)cc1NS(=O)(=O)c1ccc(F)cc1F. The number of sulfonamides is 1. The lowest BCUT2D eigenvalue weighted by Gasteiger charge is -2.35. The molecule has 0 atom stereocenters. The van der Waals surface area contributed by atoms with Gasteiger partial charge in [-0.3, -0.25) is 14.3 Å². The molecule has 14 heteroatoms. The van der Waals surface area contributed by atoms with E-state index in [1.165, 1.54) is 37.7 Å². The molecule has 5 rings (SSSR count). The number of ether oxygens (including phenoxy) is 1. The van der Waals surface area contributed by atoms with E-state index in [2.05, 4.69) is 19.7 Å². The summed E-state index contributed by atoms with van der Waals surface area (Å²) in [5, 5.41) is 0.727. The minimum absolute atomic E-state index is 0.0160. The van der Waals surface area contributed by atoms with Crippen LogP contribution in [0.5, 0.6) is 5.88 Å². The van der Waals surface area contributed by atoms with Gasteiger partial charge in [0.25, 0.3) is 10.0 Å². The lowest BCUT2D eigenvalue weighted by atomic mass is 10.0. The molecule has 1 amide bonds. The molecule has 2 aromatic heterocycles. The first-order valence-electron chi connectivity index (χ1n) is 13.6. The van der Waals surface area contributed by atoms with Crippen molar-refractivity contribution in [2.24, 2.45) is 0 Å². The molecule has 1 fully saturated rings. The number of hydrogen-bond acceptors (Lipinski definition) is 9. The first kappa shape index (κ1) is 30.5. The van der Waals surface area contributed by atoms with Crippen molar-refractivity contribution < 1.29 is 31.5 Å². The highest BCUT2D eigenvalue weighted by Crippen LogP contribution is 2.34. The Morgan fingerprint density at radius 3 is 2.45 bits per heavy atom. The largest absolute Gasteiger partial charge is 0.476 e. The van der Waals surface area contributed by atoms with Crippen LogP contribution in [0.2, 0.25) is 0 Å². The number of aromatic nitrogens is 3. The van der Waals surface area contributed by atoms with Crippen LogP contribution in [-0.4, -0.2) is 72.7 Å². The number of rotatable bonds is 9. The molecule has 0 bridgehead atoms. The number of fused-ring (bicyclic) bond motifs is 1. The van der Waals surface area contributed by atoms with Gasteiger partial charge < -0.3 is 14.5 Å². The standard InChI is InChI=1S/C30H28F2N6O5S/c1-3-43-30-26(36-44(41,42)27-8-6-22(31)16-24(27)32)15-21(17-33-30)20-5-7-25-23(14-20)29(35-18-34-25)38-12-10-37(11-13-38)28(40)9-4-19(2)39/h4-9,14-18,36H,3,10-13H2,1-2H3/b9-4+. The monoisotopic (exact) mass is 622 g/mol. The quantitative estimate of drug-likeness (QED) is 0.275. The average Bonchev–Trinajstić information content (AvgIpc) is 3.00. The molecule has 0 saturated carbocycles. The highest BCUT2D eigenvalue weighted by Gasteiger charge is 2.24. The zero-order chi connectivity index (χ0) is 31.4. The molecule has 1 aliphatic rings. The van der Waals surface area contributed by atoms with Gasteiger partial charge in [0, 0.05) is 55.5 Å². The molecule has 1 saturated heterocycles. The maximum atomic E-state index is 14.3. The van der Waals surface area contributed by atoms with Gasteiger partial charge in [-0.15, -0.1) is 0 Å². The van der Waals surface area contributed by atoms with Gasteiger partial charge in [0.2, 0.25) is 11.8 Å². The van der Waals surface area contributed by atoms with Crippen LogP contribution in [0, 0.1) is 11.6 Å². The van der Waals surface area contributed by atoms with Crippen molar-refractivity contribution >= 4 is 44.1 Å². The molecule has 0 radical (unpaired) electrons. The molecule has 4 aromatic rings. The summed E-state index contributed by atoms with van der Waals surface area (Å²) in [7, 11) is -4.46. The van der Waals surface area contributed by atoms with Crippen LogP contribution in [0.4, 0.5) is 20.3 Å². The van der Waals surface area contributed by atoms with Gasteiger partial charge in [0.15, 0.2) is 5.78 Å². The van der Waals surface area contributed by atoms with Crippen molar-refractivity contribution in [2.75, 3.05) is 42.4 Å². The molecular weight excluding hydrogens is 594 g/mol. The van der Waals surface area contributed by atoms with Crippen LogP contribution >= 0.6 is 0 Å². The van der Waals surface area contributed by atoms with E-state index in [1.54, 1.807) is 24.0 Å². The summed E-state index contributed by atoms with van der Waals surface area (Å²) in [6.07, 6.45) is 5.51. The van der Waals surface area contributed by atoms with Crippen molar-refractivity contribution in [1.29, 1.82) is 0 Å². The number of nitrogens with zero attached hydrogens (tertiary/aromatic N) is 5. The molecule has 0 unspecified atom stereocenters. The molecule has 0 spiro atoms. The second-order valence-corrected chi connectivity index (χ2v) is 11.5. The van der Waals surface area contributed by atoms with Crippen LogP contribution in [0.25, 0.3) is 22.0 Å². The van der Waals surface area contributed by atoms with Crippen LogP contribution in [-0.2, 0) is 19.6 Å². The Hall–Kier alpha value is -4.98. The third-order valence-corrected chi connectivity index (χ3v) is 8.26. The topological polar surface area (TPSA) is 135 Å². The van der Waals surface area contributed by atoms with Crippen molar-refractivity contribution in [2.45, 2.75) is 18.7 Å². The minimum Gasteiger partial charge on any atom is -0.476 e. The maximum absolute atomic E-state index is 14.3. The van der Waals surface area contributed by atoms with Gasteiger partial charge in [-0.1, -0.05) is 6.07 Å². The summed E-state index contributed by atoms with van der Waals surface area (Å²) in [5.74, 6) is -1.93. The Kier molecular flexibility index (Phi) is 8.81. The van der Waals surface area contributed by atoms with Crippen LogP contribution in [0.3, 0.4) is 0 Å². The smallest absolute Gasteiger partial charge is 0.264 e. The normalized spacial score (nSPS) is 13.8. The lowest BCUT2D eigenvalue weighted by Crippen LogP contribution is -2.48. The average molecular weight is 623 g/mol. The number of pyridine rings is 1. The number of benzene rings is 2. The van der Waals surface area contributed by atoms with Gasteiger partial charge in [-0.05, 0) is 55.8 Å². The van der Waals surface area contributed by atoms with E-state index in [9.17, 15) is 26.8 Å². The molecule has 0 aliphatic carbocycles. The van der Waals surface area contributed by atoms with E-state index >= 15 is 0 Å². The van der Waals surface area contributed by atoms with Gasteiger partial charge in [0.1, 0.15) is 34.4 Å². The third kappa shape index (κ3) is 6.64. The predicted octanol–water partition coefficient (Wildman–Crippen LogP) is 3.96. The van der Waals surface area contributed by atoms with Gasteiger partial charge >= 0.3 is 0 Å². The van der Waals surface area contributed by atoms with Gasteiger partial charge in [0.05, 0.1) is 12.1 Å². The molecule has 1 aliphatic heterocycles. The molecule has 2 aromatic carbocycles. The van der Waals surface area contributed by atoms with E-state index in [1.807, 2.05) is 11.0 Å². The number of hydrogen-bond donors (Lipinski definition) is 1. The first-order chi connectivity index (χ1) is 21.1. The summed E-state index contributed by atoms with van der Waals surface area (Å²) >= 11 is 0. The second-order valence-electron chi connectivity index (χ2n) is 9.88. The predicted molar refractivity (Wildman–Crippen MR) is 160 cm³/mol. The molecule has 3 heterocycles. The summed E-state index contributed by atoms with van der Waals surface area (Å²) in [5.41, 5.74) is 1.83. The number of allylic oxidation sites excluding steroid dienone is 1. The van der Waals surface area contributed by atoms with E-state index < -0.39 is 26.6 Å². The van der Waals surface area contributed by atoms with Gasteiger partial charge in [-0.25, -0.2) is 32.2 Å². The van der Waals surface area contributed by atoms with Gasteiger partial charge in [-0.2, -0.15) is 0 Å².